The summed E-state index contributed by atoms with van der Waals surface area (Å²) in [5.41, 5.74) is 3.99. The SMILES string of the molecule is Cc1cc(COc2ccc(S(=O)(=O)CC3(CC(=O)NO)CC(c4ccncc4)=NO3)cc2)c2ccccc2n1. The first-order chi connectivity index (χ1) is 18.8. The third-order valence-corrected chi connectivity index (χ3v) is 8.32. The van der Waals surface area contributed by atoms with Gasteiger partial charge in [0.05, 0.1) is 28.3 Å². The lowest BCUT2D eigenvalue weighted by atomic mass is 9.93. The standard InChI is InChI=1S/C28H26N4O6S/c1-19-14-21(24-4-2-3-5-25(24)30-19)17-37-22-6-8-23(9-7-22)39(35,36)18-28(16-27(33)31-34)15-26(32-38-28)20-10-12-29-13-11-20/h2-14,34H,15-18H2,1H3,(H,31,33). The van der Waals surface area contributed by atoms with E-state index in [4.69, 9.17) is 14.8 Å². The lowest BCUT2D eigenvalue weighted by Gasteiger charge is -2.25. The summed E-state index contributed by atoms with van der Waals surface area (Å²) < 4.78 is 32.8. The number of oxime groups is 1. The maximum absolute atomic E-state index is 13.4. The van der Waals surface area contributed by atoms with Crippen molar-refractivity contribution in [1.29, 1.82) is 0 Å². The van der Waals surface area contributed by atoms with Gasteiger partial charge in [-0.1, -0.05) is 23.4 Å². The van der Waals surface area contributed by atoms with Gasteiger partial charge in [0.15, 0.2) is 15.4 Å². The van der Waals surface area contributed by atoms with Crippen LogP contribution in [0.2, 0.25) is 0 Å². The highest BCUT2D eigenvalue weighted by atomic mass is 32.2. The Kier molecular flexibility index (Phi) is 7.27. The molecule has 39 heavy (non-hydrogen) atoms. The second-order valence-electron chi connectivity index (χ2n) is 9.40. The smallest absolute Gasteiger partial charge is 0.247 e. The van der Waals surface area contributed by atoms with E-state index in [1.54, 1.807) is 42.1 Å². The third-order valence-electron chi connectivity index (χ3n) is 6.42. The predicted octanol–water partition coefficient (Wildman–Crippen LogP) is 3.75. The number of para-hydroxylation sites is 1. The molecule has 200 valence electrons. The molecule has 2 N–H and O–H groups in total. The zero-order chi connectivity index (χ0) is 27.5. The summed E-state index contributed by atoms with van der Waals surface area (Å²) >= 11 is 0. The minimum Gasteiger partial charge on any atom is -0.489 e. The number of aryl methyl sites for hydroxylation is 1. The molecule has 1 atom stereocenters. The molecule has 0 radical (unpaired) electrons. The van der Waals surface area contributed by atoms with Crippen LogP contribution in [0.4, 0.5) is 0 Å². The van der Waals surface area contributed by atoms with Crippen molar-refractivity contribution < 1.29 is 28.0 Å². The zero-order valence-electron chi connectivity index (χ0n) is 21.1. The predicted molar refractivity (Wildman–Crippen MR) is 143 cm³/mol. The third kappa shape index (κ3) is 5.89. The van der Waals surface area contributed by atoms with E-state index < -0.39 is 33.5 Å². The first kappa shape index (κ1) is 26.3. The number of ether oxygens (including phenoxy) is 1. The number of hydroxylamine groups is 1. The summed E-state index contributed by atoms with van der Waals surface area (Å²) in [7, 11) is -3.92. The van der Waals surface area contributed by atoms with Crippen molar-refractivity contribution in [2.45, 2.75) is 36.9 Å². The Bertz CT molecular complexity index is 1640. The summed E-state index contributed by atoms with van der Waals surface area (Å²) in [6.07, 6.45) is 2.82. The minimum absolute atomic E-state index is 0.0461. The first-order valence-electron chi connectivity index (χ1n) is 12.2. The van der Waals surface area contributed by atoms with E-state index in [2.05, 4.69) is 15.1 Å². The molecule has 10 nitrogen and oxygen atoms in total. The lowest BCUT2D eigenvalue weighted by Crippen LogP contribution is -2.42. The zero-order valence-corrected chi connectivity index (χ0v) is 21.9. The number of pyridine rings is 2. The van der Waals surface area contributed by atoms with Crippen molar-refractivity contribution in [2.24, 2.45) is 5.16 Å². The largest absolute Gasteiger partial charge is 0.489 e. The molecule has 1 aliphatic rings. The molecule has 0 saturated carbocycles. The molecule has 0 fully saturated rings. The number of nitrogens with one attached hydrogen (secondary N) is 1. The van der Waals surface area contributed by atoms with E-state index >= 15 is 0 Å². The fraction of sp³-hybridized carbons (Fsp3) is 0.214. The van der Waals surface area contributed by atoms with Gasteiger partial charge in [-0.05, 0) is 55.5 Å². The average Bonchev–Trinajstić information content (AvgIpc) is 3.34. The van der Waals surface area contributed by atoms with Crippen LogP contribution < -0.4 is 10.2 Å². The molecule has 3 heterocycles. The second-order valence-corrected chi connectivity index (χ2v) is 11.4. The molecule has 0 aliphatic carbocycles. The number of hydrogen-bond donors (Lipinski definition) is 2. The molecular weight excluding hydrogens is 520 g/mol. The van der Waals surface area contributed by atoms with E-state index in [0.29, 0.717) is 17.0 Å². The molecule has 1 aliphatic heterocycles. The molecule has 1 amide bonds. The molecule has 0 spiro atoms. The number of aromatic nitrogens is 2. The topological polar surface area (TPSA) is 140 Å². The van der Waals surface area contributed by atoms with Crippen LogP contribution in [0.15, 0.2) is 89.2 Å². The number of rotatable bonds is 9. The van der Waals surface area contributed by atoms with Gasteiger partial charge in [-0.3, -0.25) is 20.0 Å². The molecule has 2 aromatic heterocycles. The average molecular weight is 547 g/mol. The van der Waals surface area contributed by atoms with Gasteiger partial charge in [0.25, 0.3) is 0 Å². The molecule has 1 unspecified atom stereocenters. The Morgan fingerprint density at radius 3 is 2.59 bits per heavy atom. The number of nitrogens with zero attached hydrogens (tertiary/aromatic N) is 3. The number of fused-ring (bicyclic) bond motifs is 1. The molecule has 4 aromatic rings. The maximum atomic E-state index is 13.4. The second kappa shape index (κ2) is 10.8. The number of sulfone groups is 1. The summed E-state index contributed by atoms with van der Waals surface area (Å²) in [6.45, 7) is 2.21. The van der Waals surface area contributed by atoms with Gasteiger partial charge in [-0.25, -0.2) is 13.9 Å². The fourth-order valence-electron chi connectivity index (χ4n) is 4.62. The molecule has 2 aromatic carbocycles. The van der Waals surface area contributed by atoms with E-state index in [0.717, 1.165) is 22.2 Å². The van der Waals surface area contributed by atoms with Crippen molar-refractivity contribution in [3.8, 4) is 5.75 Å². The highest BCUT2D eigenvalue weighted by molar-refractivity contribution is 7.91. The summed E-state index contributed by atoms with van der Waals surface area (Å²) in [6, 6.07) is 19.3. The number of amides is 1. The molecule has 0 bridgehead atoms. The van der Waals surface area contributed by atoms with Gasteiger partial charge < -0.3 is 9.57 Å². The summed E-state index contributed by atoms with van der Waals surface area (Å²) in [4.78, 5) is 26.2. The van der Waals surface area contributed by atoms with Crippen molar-refractivity contribution in [2.75, 3.05) is 5.75 Å². The number of carbonyl (C=O) groups excluding carboxylic acids is 1. The highest BCUT2D eigenvalue weighted by Crippen LogP contribution is 2.34. The van der Waals surface area contributed by atoms with Gasteiger partial charge in [0, 0.05) is 41.0 Å². The van der Waals surface area contributed by atoms with Crippen LogP contribution in [-0.2, 0) is 26.1 Å². The monoisotopic (exact) mass is 546 g/mol. The quantitative estimate of drug-likeness (QED) is 0.239. The van der Waals surface area contributed by atoms with Crippen LogP contribution in [0.3, 0.4) is 0 Å². The normalized spacial score (nSPS) is 16.9. The van der Waals surface area contributed by atoms with E-state index in [9.17, 15) is 13.2 Å². The number of carbonyl (C=O) groups is 1. The van der Waals surface area contributed by atoms with Crippen LogP contribution in [-0.4, -0.2) is 46.6 Å². The Labute approximate surface area is 225 Å². The van der Waals surface area contributed by atoms with Crippen molar-refractivity contribution in [1.82, 2.24) is 15.4 Å². The number of hydrogen-bond acceptors (Lipinski definition) is 9. The Balaban J connectivity index is 1.31. The Morgan fingerprint density at radius 2 is 1.85 bits per heavy atom. The summed E-state index contributed by atoms with van der Waals surface area (Å²) in [5.74, 6) is -0.796. The van der Waals surface area contributed by atoms with Crippen LogP contribution in [0.5, 0.6) is 5.75 Å². The van der Waals surface area contributed by atoms with Gasteiger partial charge in [0.1, 0.15) is 12.4 Å². The minimum atomic E-state index is -3.92. The van der Waals surface area contributed by atoms with Gasteiger partial charge in [-0.15, -0.1) is 0 Å². The van der Waals surface area contributed by atoms with Crippen molar-refractivity contribution >= 4 is 32.4 Å². The molecular formula is C28H26N4O6S. The van der Waals surface area contributed by atoms with E-state index in [1.807, 2.05) is 37.3 Å². The highest BCUT2D eigenvalue weighted by Gasteiger charge is 2.45. The molecule has 11 heteroatoms. The molecule has 0 saturated heterocycles. The number of benzene rings is 2. The lowest BCUT2D eigenvalue weighted by molar-refractivity contribution is -0.135. The first-order valence-corrected chi connectivity index (χ1v) is 13.8. The van der Waals surface area contributed by atoms with Gasteiger partial charge in [-0.2, -0.15) is 0 Å². The van der Waals surface area contributed by atoms with Crippen LogP contribution in [0, 0.1) is 6.92 Å². The van der Waals surface area contributed by atoms with Crippen LogP contribution >= 0.6 is 0 Å². The fourth-order valence-corrected chi connectivity index (χ4v) is 6.29. The van der Waals surface area contributed by atoms with E-state index in [1.165, 1.54) is 12.1 Å². The Morgan fingerprint density at radius 1 is 1.10 bits per heavy atom. The van der Waals surface area contributed by atoms with Gasteiger partial charge in [0.2, 0.25) is 5.91 Å². The van der Waals surface area contributed by atoms with Crippen molar-refractivity contribution in [3.63, 3.8) is 0 Å². The Hall–Kier alpha value is -4.35. The molecule has 5 rings (SSSR count). The summed E-state index contributed by atoms with van der Waals surface area (Å²) in [5, 5.41) is 14.1. The van der Waals surface area contributed by atoms with Crippen molar-refractivity contribution in [3.05, 3.63) is 95.9 Å². The van der Waals surface area contributed by atoms with Crippen LogP contribution in [0.25, 0.3) is 10.9 Å². The van der Waals surface area contributed by atoms with E-state index in [-0.39, 0.29) is 17.9 Å². The maximum Gasteiger partial charge on any atom is 0.247 e. The van der Waals surface area contributed by atoms with Crippen LogP contribution in [0.1, 0.15) is 29.7 Å². The van der Waals surface area contributed by atoms with Gasteiger partial charge >= 0.3 is 0 Å².